The van der Waals surface area contributed by atoms with E-state index in [1.807, 2.05) is 0 Å². The summed E-state index contributed by atoms with van der Waals surface area (Å²) in [6.07, 6.45) is 17.1. The molecule has 4 unspecified atom stereocenters. The number of unbranched alkanes of at least 4 members (excludes halogenated alkanes) is 3. The third kappa shape index (κ3) is 2.48. The third-order valence-electron chi connectivity index (χ3n) is 6.65. The molecular formula is C18H33N. The highest BCUT2D eigenvalue weighted by Crippen LogP contribution is 2.68. The van der Waals surface area contributed by atoms with Gasteiger partial charge in [0.05, 0.1) is 0 Å². The molecule has 2 N–H and O–H groups in total. The average Bonchev–Trinajstić information content (AvgIpc) is 2.32. The molecule has 4 rings (SSSR count). The molecular weight excluding hydrogens is 230 g/mol. The minimum Gasteiger partial charge on any atom is -0.325 e. The summed E-state index contributed by atoms with van der Waals surface area (Å²) >= 11 is 0. The Bertz CT molecular complexity index is 339. The van der Waals surface area contributed by atoms with Crippen LogP contribution in [0.5, 0.6) is 0 Å². The van der Waals surface area contributed by atoms with Crippen molar-refractivity contribution in [3.8, 4) is 0 Å². The van der Waals surface area contributed by atoms with E-state index in [1.165, 1.54) is 77.0 Å². The molecule has 19 heavy (non-hydrogen) atoms. The van der Waals surface area contributed by atoms with E-state index in [-0.39, 0.29) is 5.54 Å². The van der Waals surface area contributed by atoms with Crippen LogP contribution >= 0.6 is 0 Å². The van der Waals surface area contributed by atoms with Gasteiger partial charge < -0.3 is 5.73 Å². The zero-order chi connectivity index (χ0) is 13.6. The molecule has 0 aliphatic heterocycles. The summed E-state index contributed by atoms with van der Waals surface area (Å²) in [5.74, 6) is 0.965. The fourth-order valence-electron chi connectivity index (χ4n) is 6.53. The molecule has 4 aliphatic rings. The van der Waals surface area contributed by atoms with Crippen molar-refractivity contribution in [2.45, 2.75) is 96.4 Å². The summed E-state index contributed by atoms with van der Waals surface area (Å²) in [5, 5.41) is 0. The second-order valence-corrected chi connectivity index (χ2v) is 8.54. The topological polar surface area (TPSA) is 26.0 Å². The van der Waals surface area contributed by atoms with Gasteiger partial charge in [-0.15, -0.1) is 0 Å². The van der Waals surface area contributed by atoms with E-state index in [4.69, 9.17) is 5.73 Å². The monoisotopic (exact) mass is 263 g/mol. The lowest BCUT2D eigenvalue weighted by molar-refractivity contribution is -0.127. The Hall–Kier alpha value is -0.0400. The summed E-state index contributed by atoms with van der Waals surface area (Å²) in [4.78, 5) is 0. The van der Waals surface area contributed by atoms with E-state index in [1.54, 1.807) is 0 Å². The first-order chi connectivity index (χ1) is 9.03. The molecule has 0 radical (unpaired) electrons. The first kappa shape index (κ1) is 13.9. The highest BCUT2D eigenvalue weighted by molar-refractivity contribution is 5.14. The molecule has 0 aromatic rings. The molecule has 0 aromatic carbocycles. The maximum atomic E-state index is 6.80. The van der Waals surface area contributed by atoms with E-state index in [9.17, 15) is 0 Å². The first-order valence-corrected chi connectivity index (χ1v) is 8.82. The Morgan fingerprint density at radius 1 is 0.895 bits per heavy atom. The van der Waals surface area contributed by atoms with Crippen LogP contribution in [0.2, 0.25) is 0 Å². The van der Waals surface area contributed by atoms with E-state index < -0.39 is 0 Å². The number of hydrogen-bond donors (Lipinski definition) is 1. The molecule has 4 bridgehead atoms. The van der Waals surface area contributed by atoms with E-state index >= 15 is 0 Å². The van der Waals surface area contributed by atoms with Gasteiger partial charge in [-0.05, 0) is 61.7 Å². The third-order valence-corrected chi connectivity index (χ3v) is 6.65. The van der Waals surface area contributed by atoms with Crippen LogP contribution in [-0.4, -0.2) is 5.54 Å². The van der Waals surface area contributed by atoms with E-state index in [0.717, 1.165) is 5.92 Å². The second-order valence-electron chi connectivity index (χ2n) is 8.54. The van der Waals surface area contributed by atoms with Crippen molar-refractivity contribution in [1.29, 1.82) is 0 Å². The second kappa shape index (κ2) is 4.76. The van der Waals surface area contributed by atoms with Crippen molar-refractivity contribution >= 4 is 0 Å². The normalized spacial score (nSPS) is 47.8. The number of rotatable bonds is 6. The average molecular weight is 263 g/mol. The summed E-state index contributed by atoms with van der Waals surface area (Å²) in [7, 11) is 0. The highest BCUT2D eigenvalue weighted by Gasteiger charge is 2.60. The Balaban J connectivity index is 1.72. The zero-order valence-corrected chi connectivity index (χ0v) is 13.1. The van der Waals surface area contributed by atoms with Gasteiger partial charge in [0.15, 0.2) is 0 Å². The number of nitrogens with two attached hydrogens (primary N) is 1. The quantitative estimate of drug-likeness (QED) is 0.668. The summed E-state index contributed by atoms with van der Waals surface area (Å²) < 4.78 is 0. The molecule has 1 heteroatoms. The van der Waals surface area contributed by atoms with Crippen LogP contribution in [0, 0.1) is 16.7 Å². The zero-order valence-electron chi connectivity index (χ0n) is 13.1. The molecule has 4 fully saturated rings. The van der Waals surface area contributed by atoms with Crippen LogP contribution in [0.15, 0.2) is 0 Å². The molecule has 0 aromatic heterocycles. The summed E-state index contributed by atoms with van der Waals surface area (Å²) in [5.41, 5.74) is 8.31. The molecule has 4 atom stereocenters. The number of hydrogen-bond acceptors (Lipinski definition) is 1. The van der Waals surface area contributed by atoms with E-state index in [2.05, 4.69) is 13.8 Å². The minimum atomic E-state index is 0.222. The molecule has 0 heterocycles. The molecule has 0 saturated heterocycles. The lowest BCUT2D eigenvalue weighted by Crippen LogP contribution is -2.63. The SMILES string of the molecule is CCCCCCC12CC3CC(N)(CC(CC)(C3)C1)C2. The van der Waals surface area contributed by atoms with Gasteiger partial charge in [-0.2, -0.15) is 0 Å². The van der Waals surface area contributed by atoms with Crippen LogP contribution in [0.4, 0.5) is 0 Å². The Morgan fingerprint density at radius 2 is 1.63 bits per heavy atom. The Kier molecular flexibility index (Phi) is 3.48. The predicted molar refractivity (Wildman–Crippen MR) is 82.0 cm³/mol. The largest absolute Gasteiger partial charge is 0.325 e. The van der Waals surface area contributed by atoms with Gasteiger partial charge in [0, 0.05) is 5.54 Å². The van der Waals surface area contributed by atoms with Crippen molar-refractivity contribution < 1.29 is 0 Å². The lowest BCUT2D eigenvalue weighted by atomic mass is 9.41. The van der Waals surface area contributed by atoms with Gasteiger partial charge in [0.25, 0.3) is 0 Å². The minimum absolute atomic E-state index is 0.222. The van der Waals surface area contributed by atoms with Gasteiger partial charge in [0.1, 0.15) is 0 Å². The smallest absolute Gasteiger partial charge is 0.0167 e. The van der Waals surface area contributed by atoms with Crippen LogP contribution in [0.25, 0.3) is 0 Å². The van der Waals surface area contributed by atoms with Gasteiger partial charge in [-0.3, -0.25) is 0 Å². The fraction of sp³-hybridized carbons (Fsp3) is 1.00. The van der Waals surface area contributed by atoms with Crippen LogP contribution < -0.4 is 5.73 Å². The predicted octanol–water partition coefficient (Wildman–Crippen LogP) is 5.03. The van der Waals surface area contributed by atoms with Crippen LogP contribution in [0.1, 0.15) is 90.9 Å². The van der Waals surface area contributed by atoms with Crippen molar-refractivity contribution in [2.75, 3.05) is 0 Å². The van der Waals surface area contributed by atoms with Gasteiger partial charge in [-0.25, -0.2) is 0 Å². The fourth-order valence-corrected chi connectivity index (χ4v) is 6.53. The molecule has 0 spiro atoms. The van der Waals surface area contributed by atoms with Crippen molar-refractivity contribution in [3.05, 3.63) is 0 Å². The van der Waals surface area contributed by atoms with Gasteiger partial charge in [0.2, 0.25) is 0 Å². The first-order valence-electron chi connectivity index (χ1n) is 8.82. The Morgan fingerprint density at radius 3 is 2.32 bits per heavy atom. The summed E-state index contributed by atoms with van der Waals surface area (Å²) in [6, 6.07) is 0. The molecule has 4 aliphatic carbocycles. The molecule has 1 nitrogen and oxygen atoms in total. The van der Waals surface area contributed by atoms with Crippen molar-refractivity contribution in [1.82, 2.24) is 0 Å². The molecule has 110 valence electrons. The van der Waals surface area contributed by atoms with Crippen molar-refractivity contribution in [2.24, 2.45) is 22.5 Å². The van der Waals surface area contributed by atoms with Crippen LogP contribution in [0.3, 0.4) is 0 Å². The van der Waals surface area contributed by atoms with Crippen LogP contribution in [-0.2, 0) is 0 Å². The Labute approximate surface area is 119 Å². The molecule has 4 saturated carbocycles. The maximum Gasteiger partial charge on any atom is 0.0167 e. The highest BCUT2D eigenvalue weighted by atomic mass is 14.8. The van der Waals surface area contributed by atoms with Crippen molar-refractivity contribution in [3.63, 3.8) is 0 Å². The lowest BCUT2D eigenvalue weighted by Gasteiger charge is -2.66. The van der Waals surface area contributed by atoms with E-state index in [0.29, 0.717) is 10.8 Å². The van der Waals surface area contributed by atoms with Gasteiger partial charge >= 0.3 is 0 Å². The van der Waals surface area contributed by atoms with Gasteiger partial charge in [-0.1, -0.05) is 46.0 Å². The maximum absolute atomic E-state index is 6.80. The standard InChI is InChI=1S/C18H33N/c1-3-5-6-7-8-17-10-15-9-16(4-2,12-17)13-18(19,11-15)14-17/h15H,3-14,19H2,1-2H3. The molecule has 0 amide bonds. The summed E-state index contributed by atoms with van der Waals surface area (Å²) in [6.45, 7) is 4.73.